The third kappa shape index (κ3) is 1.53. The molecule has 0 aliphatic rings. The van der Waals surface area contributed by atoms with E-state index in [0.717, 1.165) is 0 Å². The van der Waals surface area contributed by atoms with Crippen LogP contribution in [0, 0.1) is 5.92 Å². The predicted molar refractivity (Wildman–Crippen MR) is 24.7 cm³/mol. The molecule has 0 aromatic rings. The number of hydrogen-bond acceptors (Lipinski definition) is 1. The van der Waals surface area contributed by atoms with E-state index >= 15 is 0 Å². The second kappa shape index (κ2) is 1.96. The molecule has 0 heterocycles. The molecule has 7 heavy (non-hydrogen) atoms. The van der Waals surface area contributed by atoms with Crippen molar-refractivity contribution in [2.45, 2.75) is 20.8 Å². The summed E-state index contributed by atoms with van der Waals surface area (Å²) in [6.45, 7) is 4.84. The van der Waals surface area contributed by atoms with Gasteiger partial charge in [-0.25, -0.2) is 0 Å². The number of ketones is 1. The van der Waals surface area contributed by atoms with E-state index < -0.39 is 0 Å². The van der Waals surface area contributed by atoms with E-state index in [4.69, 9.17) is 0 Å². The zero-order chi connectivity index (χ0) is 5.86. The Labute approximate surface area is 38.4 Å². The van der Waals surface area contributed by atoms with Crippen molar-refractivity contribution < 1.29 is 4.79 Å². The van der Waals surface area contributed by atoms with Crippen molar-refractivity contribution in [2.75, 3.05) is 0 Å². The SMILES string of the molecule is CC(=O)C(C)[CH2][Rf]. The predicted octanol–water partition coefficient (Wildman–Crippen LogP) is 1.18. The molecular weight excluding hydrogens is 343 g/mol. The van der Waals surface area contributed by atoms with Crippen LogP contribution in [0.15, 0.2) is 0 Å². The van der Waals surface area contributed by atoms with Gasteiger partial charge in [0.1, 0.15) is 0 Å². The van der Waals surface area contributed by atoms with Crippen LogP contribution in [-0.4, -0.2) is 5.78 Å². The van der Waals surface area contributed by atoms with Crippen LogP contribution >= 0.6 is 0 Å². The van der Waals surface area contributed by atoms with Gasteiger partial charge in [-0.2, -0.15) is 0 Å². The Morgan fingerprint density at radius 2 is 2.29 bits per heavy atom. The van der Waals surface area contributed by atoms with Crippen molar-refractivity contribution in [2.24, 2.45) is 5.92 Å². The Morgan fingerprint density at radius 1 is 1.86 bits per heavy atom. The second-order valence-corrected chi connectivity index (χ2v) is 4.41. The maximum atomic E-state index is 10.4. The minimum atomic E-state index is 0.346. The van der Waals surface area contributed by atoms with E-state index in [2.05, 4.69) is 0 Å². The van der Waals surface area contributed by atoms with E-state index in [-0.39, 0.29) is 0 Å². The summed E-state index contributed by atoms with van der Waals surface area (Å²) in [7, 11) is 0. The summed E-state index contributed by atoms with van der Waals surface area (Å²) >= 11 is 0. The summed E-state index contributed by atoms with van der Waals surface area (Å²) in [5.74, 6) is 0.703. The third-order valence-electron chi connectivity index (χ3n) is 1.13. The van der Waals surface area contributed by atoms with Crippen molar-refractivity contribution in [3.8, 4) is 0 Å². The molecular formula is C5H9ORf. The van der Waals surface area contributed by atoms with Gasteiger partial charge in [0.25, 0.3) is 0 Å². The maximum absolute atomic E-state index is 10.4. The number of carbonyl (C=O) groups is 1. The van der Waals surface area contributed by atoms with Gasteiger partial charge in [-0.1, -0.05) is 0 Å². The molecule has 0 fully saturated rings. The fraction of sp³-hybridized carbons (Fsp3) is 0.800. The molecule has 0 radical (unpaired) electrons. The molecule has 0 amide bonds. The second-order valence-electron chi connectivity index (χ2n) is 1.80. The minimum absolute atomic E-state index is 0.346. The summed E-state index contributed by atoms with van der Waals surface area (Å²) in [5.41, 5.74) is 0. The summed E-state index contributed by atoms with van der Waals surface area (Å²) < 4.78 is 0.709. The molecule has 0 rings (SSSR count). The molecule has 0 spiro atoms. The van der Waals surface area contributed by atoms with Gasteiger partial charge in [-0.15, -0.1) is 0 Å². The van der Waals surface area contributed by atoms with Crippen molar-refractivity contribution in [3.05, 3.63) is 0 Å². The van der Waals surface area contributed by atoms with Crippen LogP contribution in [0.2, 0.25) is 6.92 Å². The zero-order valence-corrected chi connectivity index (χ0v) is 11.3. The number of hydrogen-bond donors (Lipinski definition) is 0. The molecule has 0 saturated carbocycles. The number of rotatable bonds is 2. The Morgan fingerprint density at radius 3 is 2.29 bits per heavy atom. The van der Waals surface area contributed by atoms with Crippen LogP contribution < -0.4 is 0 Å². The van der Waals surface area contributed by atoms with Crippen molar-refractivity contribution in [1.82, 2.24) is 0 Å². The number of Topliss-reactive ketones (excluding diaryl/α,β-unsaturated/α-hetero) is 1. The Balaban J connectivity index is 3.34. The summed E-state index contributed by atoms with van der Waals surface area (Å²) in [4.78, 5) is 10.4. The van der Waals surface area contributed by atoms with Gasteiger partial charge >= 0.3 is 37.3 Å². The average molecular weight is 352 g/mol. The Hall–Kier alpha value is -1.33. The molecule has 1 nitrogen and oxygen atoms in total. The van der Waals surface area contributed by atoms with E-state index in [1.807, 2.05) is 6.92 Å². The first kappa shape index (κ1) is 5.67. The molecule has 0 bridgehead atoms. The summed E-state index contributed by atoms with van der Waals surface area (Å²) in [6.07, 6.45) is 0. The molecule has 0 aromatic heterocycles. The summed E-state index contributed by atoms with van der Waals surface area (Å²) in [5, 5.41) is 0. The van der Waals surface area contributed by atoms with E-state index in [9.17, 15) is 4.79 Å². The first-order chi connectivity index (χ1) is 3.18. The Kier molecular flexibility index (Phi) is 1.58. The van der Waals surface area contributed by atoms with E-state index in [1.54, 1.807) is 6.92 Å². The van der Waals surface area contributed by atoms with Crippen LogP contribution in [0.25, 0.3) is 0 Å². The van der Waals surface area contributed by atoms with Crippen LogP contribution in [0.4, 0.5) is 0 Å². The van der Waals surface area contributed by atoms with Crippen molar-refractivity contribution in [3.63, 3.8) is 0 Å². The summed E-state index contributed by atoms with van der Waals surface area (Å²) in [6, 6.07) is 0. The fourth-order valence-electron chi connectivity index (χ4n) is 0.203. The quantitative estimate of drug-likeness (QED) is 0.730. The van der Waals surface area contributed by atoms with Crippen LogP contribution in [0.5, 0.6) is 0 Å². The monoisotopic (exact) mass is 352 g/mol. The van der Waals surface area contributed by atoms with Gasteiger partial charge in [-0.05, 0) is 0 Å². The average Bonchev–Trinajstić information content (AvgIpc) is 1.65. The number of carbonyl (C=O) groups excluding carboxylic acids is 1. The Bertz CT molecular complexity index is 70.5. The normalized spacial score (nSPS) is 13.7. The van der Waals surface area contributed by atoms with Gasteiger partial charge in [0.05, 0.1) is 0 Å². The standard InChI is InChI=1S/C5H9O.Rf/c1-4(2)5(3)6;/h4H,1H2,2-3H3;. The van der Waals surface area contributed by atoms with Gasteiger partial charge in [-0.3, -0.25) is 0 Å². The van der Waals surface area contributed by atoms with Crippen LogP contribution in [0.3, 0.4) is 0 Å². The molecule has 0 N–H and O–H groups in total. The van der Waals surface area contributed by atoms with Gasteiger partial charge in [0.2, 0.25) is 0 Å². The first-order valence-corrected chi connectivity index (χ1v) is 7.00. The van der Waals surface area contributed by atoms with Crippen molar-refractivity contribution >= 4 is 5.78 Å². The molecule has 0 saturated heterocycles. The zero-order valence-electron chi connectivity index (χ0n) is 4.90. The van der Waals surface area contributed by atoms with Gasteiger partial charge in [0, 0.05) is 0 Å². The van der Waals surface area contributed by atoms with Crippen molar-refractivity contribution in [1.29, 1.82) is 0 Å². The first-order valence-electron chi connectivity index (χ1n) is 2.48. The van der Waals surface area contributed by atoms with Crippen LogP contribution in [-0.2, 0) is 4.79 Å². The molecule has 0 aromatic carbocycles. The molecule has 2 heteroatoms. The molecule has 1 atom stereocenters. The van der Waals surface area contributed by atoms with Gasteiger partial charge in [0.15, 0.2) is 0 Å². The molecule has 1 unspecified atom stereocenters. The van der Waals surface area contributed by atoms with E-state index in [1.165, 1.54) is 6.92 Å². The third-order valence-corrected chi connectivity index (χ3v) is 5.05. The fourth-order valence-corrected chi connectivity index (χ4v) is 2.04. The molecule has 0 aliphatic carbocycles. The topological polar surface area (TPSA) is 17.1 Å². The van der Waals surface area contributed by atoms with Crippen LogP contribution in [0.1, 0.15) is 13.8 Å². The van der Waals surface area contributed by atoms with E-state index in [0.29, 0.717) is 11.7 Å². The molecule has 0 aliphatic heterocycles. The van der Waals surface area contributed by atoms with Gasteiger partial charge < -0.3 is 0 Å². The molecule has 37 valence electrons.